The number of hydrogen-bond acceptors (Lipinski definition) is 5. The van der Waals surface area contributed by atoms with Gasteiger partial charge in [0.25, 0.3) is 0 Å². The van der Waals surface area contributed by atoms with Crippen molar-refractivity contribution in [1.82, 2.24) is 0 Å². The van der Waals surface area contributed by atoms with Gasteiger partial charge in [-0.15, -0.1) is 0 Å². The van der Waals surface area contributed by atoms with E-state index in [-0.39, 0.29) is 34.9 Å². The third kappa shape index (κ3) is 2.74. The first-order chi connectivity index (χ1) is 15.0. The average molecular weight is 445 g/mol. The van der Waals surface area contributed by atoms with Gasteiger partial charge in [0.1, 0.15) is 5.78 Å². The van der Waals surface area contributed by atoms with E-state index in [2.05, 4.69) is 26.8 Å². The molecule has 2 N–H and O–H groups in total. The van der Waals surface area contributed by atoms with E-state index in [4.69, 9.17) is 9.47 Å². The second-order valence-electron chi connectivity index (χ2n) is 13.0. The lowest BCUT2D eigenvalue weighted by Gasteiger charge is -2.57. The molecule has 5 heteroatoms. The lowest BCUT2D eigenvalue weighted by molar-refractivity contribution is -0.293. The first-order valence-corrected chi connectivity index (χ1v) is 12.9. The van der Waals surface area contributed by atoms with E-state index >= 15 is 0 Å². The highest BCUT2D eigenvalue weighted by Crippen LogP contribution is 2.69. The van der Waals surface area contributed by atoms with Crippen molar-refractivity contribution in [3.8, 4) is 0 Å². The number of hydrogen-bond donors (Lipinski definition) is 2. The predicted octanol–water partition coefficient (Wildman–Crippen LogP) is 4.01. The van der Waals surface area contributed by atoms with Crippen molar-refractivity contribution in [3.63, 3.8) is 0 Å². The second-order valence-corrected chi connectivity index (χ2v) is 13.0. The molecule has 1 spiro atoms. The predicted molar refractivity (Wildman–Crippen MR) is 120 cm³/mol. The number of carbonyl (C=O) groups excluding carboxylic acids is 1. The highest BCUT2D eigenvalue weighted by atomic mass is 16.7. The maximum atomic E-state index is 13.9. The molecule has 0 aromatic rings. The molecular formula is C27H40O5. The molecule has 4 aliphatic carbocycles. The van der Waals surface area contributed by atoms with E-state index in [0.29, 0.717) is 43.0 Å². The van der Waals surface area contributed by atoms with Crippen LogP contribution in [-0.2, 0) is 14.3 Å². The molecule has 32 heavy (non-hydrogen) atoms. The summed E-state index contributed by atoms with van der Waals surface area (Å²) in [5.74, 6) is 1.36. The molecule has 2 heterocycles. The molecule has 0 radical (unpaired) electrons. The maximum Gasteiger partial charge on any atom is 0.171 e. The van der Waals surface area contributed by atoms with Crippen LogP contribution in [0.3, 0.4) is 0 Å². The van der Waals surface area contributed by atoms with Gasteiger partial charge < -0.3 is 19.7 Å². The Morgan fingerprint density at radius 2 is 1.94 bits per heavy atom. The largest absolute Gasteiger partial charge is 0.393 e. The highest BCUT2D eigenvalue weighted by molar-refractivity contribution is 5.85. The van der Waals surface area contributed by atoms with Crippen LogP contribution in [0.25, 0.3) is 0 Å². The van der Waals surface area contributed by atoms with E-state index in [1.165, 1.54) is 5.57 Å². The summed E-state index contributed by atoms with van der Waals surface area (Å²) in [7, 11) is 0. The van der Waals surface area contributed by atoms with Crippen molar-refractivity contribution in [2.45, 2.75) is 103 Å². The zero-order chi connectivity index (χ0) is 22.7. The lowest BCUT2D eigenvalue weighted by atomic mass is 9.46. The number of rotatable bonds is 0. The normalized spacial score (nSPS) is 59.2. The molecule has 0 unspecified atom stereocenters. The van der Waals surface area contributed by atoms with Gasteiger partial charge in [-0.25, -0.2) is 0 Å². The molecule has 0 amide bonds. The molecule has 178 valence electrons. The number of aliphatic hydroxyl groups is 2. The van der Waals surface area contributed by atoms with Crippen molar-refractivity contribution in [3.05, 3.63) is 11.6 Å². The number of ketones is 1. The zero-order valence-electron chi connectivity index (χ0n) is 20.1. The molecule has 5 nitrogen and oxygen atoms in total. The van der Waals surface area contributed by atoms with Gasteiger partial charge in [0.15, 0.2) is 5.79 Å². The van der Waals surface area contributed by atoms with Gasteiger partial charge in [-0.3, -0.25) is 4.79 Å². The van der Waals surface area contributed by atoms with Crippen LogP contribution in [-0.4, -0.2) is 46.2 Å². The fourth-order valence-corrected chi connectivity index (χ4v) is 9.47. The summed E-state index contributed by atoms with van der Waals surface area (Å²) in [6.07, 6.45) is 8.79. The first-order valence-electron chi connectivity index (χ1n) is 12.9. The van der Waals surface area contributed by atoms with Crippen LogP contribution >= 0.6 is 0 Å². The molecule has 2 saturated heterocycles. The fraction of sp³-hybridized carbons (Fsp3) is 0.889. The Kier molecular flexibility index (Phi) is 4.54. The molecule has 0 aromatic heterocycles. The molecule has 11 atom stereocenters. The quantitative estimate of drug-likeness (QED) is 0.552. The molecule has 6 rings (SSSR count). The highest BCUT2D eigenvalue weighted by Gasteiger charge is 2.70. The molecule has 6 aliphatic rings. The van der Waals surface area contributed by atoms with Gasteiger partial charge in [0.05, 0.1) is 24.4 Å². The number of allylic oxidation sites excluding steroid dienone is 1. The minimum absolute atomic E-state index is 0.0506. The van der Waals surface area contributed by atoms with Crippen LogP contribution in [0.2, 0.25) is 0 Å². The van der Waals surface area contributed by atoms with Crippen LogP contribution < -0.4 is 0 Å². The SMILES string of the molecule is C[C@H]1[C@H]2[C@H](C[C@H]3[C@@H]4CC=C5C[C@@H](O)CC[C@]5(C)[C@H]4C(=O)C[C@]23C)O[C@]12CC[C@@](C)(O)CO2. The molecule has 5 fully saturated rings. The molecule has 3 saturated carbocycles. The van der Waals surface area contributed by atoms with Gasteiger partial charge in [-0.2, -0.15) is 0 Å². The number of Topliss-reactive ketones (excluding diaryl/α,β-unsaturated/α-hetero) is 1. The second kappa shape index (κ2) is 6.68. The van der Waals surface area contributed by atoms with E-state index in [1.54, 1.807) is 0 Å². The van der Waals surface area contributed by atoms with Crippen LogP contribution in [0.5, 0.6) is 0 Å². The van der Waals surface area contributed by atoms with Gasteiger partial charge in [0.2, 0.25) is 0 Å². The third-order valence-corrected chi connectivity index (χ3v) is 11.1. The summed E-state index contributed by atoms with van der Waals surface area (Å²) in [5, 5.41) is 20.6. The Morgan fingerprint density at radius 1 is 1.16 bits per heavy atom. The summed E-state index contributed by atoms with van der Waals surface area (Å²) < 4.78 is 13.0. The molecule has 0 bridgehead atoms. The Labute approximate surface area is 191 Å². The van der Waals surface area contributed by atoms with Gasteiger partial charge in [0, 0.05) is 24.7 Å². The fourth-order valence-electron chi connectivity index (χ4n) is 9.47. The van der Waals surface area contributed by atoms with E-state index in [1.807, 2.05) is 6.92 Å². The molecule has 0 aromatic carbocycles. The Balaban J connectivity index is 1.31. The van der Waals surface area contributed by atoms with Crippen LogP contribution in [0.1, 0.15) is 79.1 Å². The Bertz CT molecular complexity index is 852. The smallest absolute Gasteiger partial charge is 0.171 e. The van der Waals surface area contributed by atoms with Crippen LogP contribution in [0.4, 0.5) is 0 Å². The maximum absolute atomic E-state index is 13.9. The monoisotopic (exact) mass is 444 g/mol. The zero-order valence-corrected chi connectivity index (χ0v) is 20.1. The standard InChI is InChI=1S/C27H40O5/c1-15-22-21(32-27(15)10-9-24(2,30)14-31-27)12-19-18-6-5-16-11-17(28)7-8-25(16,3)23(18)20(29)13-26(19,22)4/h5,15,17-19,21-23,28,30H,6-14H2,1-4H3/t15-,17-,18-,19-,21-,22-,23+,24+,25-,26-,27+/m0/s1. The summed E-state index contributed by atoms with van der Waals surface area (Å²) in [4.78, 5) is 13.9. The van der Waals surface area contributed by atoms with Crippen LogP contribution in [0.15, 0.2) is 11.6 Å². The van der Waals surface area contributed by atoms with Crippen molar-refractivity contribution in [2.75, 3.05) is 6.61 Å². The molecule has 2 aliphatic heterocycles. The Hall–Kier alpha value is -0.750. The van der Waals surface area contributed by atoms with Crippen molar-refractivity contribution >= 4 is 5.78 Å². The summed E-state index contributed by atoms with van der Waals surface area (Å²) in [6.45, 7) is 9.08. The number of ether oxygens (including phenoxy) is 2. The van der Waals surface area contributed by atoms with Gasteiger partial charge in [-0.1, -0.05) is 32.4 Å². The van der Waals surface area contributed by atoms with Crippen molar-refractivity contribution in [2.24, 2.45) is 40.4 Å². The minimum atomic E-state index is -0.776. The number of carbonyl (C=O) groups is 1. The number of aliphatic hydroxyl groups excluding tert-OH is 1. The minimum Gasteiger partial charge on any atom is -0.393 e. The average Bonchev–Trinajstić information content (AvgIpc) is 3.15. The van der Waals surface area contributed by atoms with E-state index in [0.717, 1.165) is 38.5 Å². The van der Waals surface area contributed by atoms with E-state index in [9.17, 15) is 15.0 Å². The number of fused-ring (bicyclic) bond motifs is 7. The van der Waals surface area contributed by atoms with Gasteiger partial charge >= 0.3 is 0 Å². The van der Waals surface area contributed by atoms with Crippen LogP contribution in [0, 0.1) is 40.4 Å². The van der Waals surface area contributed by atoms with Gasteiger partial charge in [-0.05, 0) is 74.0 Å². The topological polar surface area (TPSA) is 76.0 Å². The van der Waals surface area contributed by atoms with E-state index < -0.39 is 11.4 Å². The lowest BCUT2D eigenvalue weighted by Crippen LogP contribution is -2.56. The third-order valence-electron chi connectivity index (χ3n) is 11.1. The summed E-state index contributed by atoms with van der Waals surface area (Å²) >= 11 is 0. The first kappa shape index (κ1) is 21.8. The van der Waals surface area contributed by atoms with Crippen molar-refractivity contribution in [1.29, 1.82) is 0 Å². The molecular weight excluding hydrogens is 404 g/mol. The Morgan fingerprint density at radius 3 is 2.66 bits per heavy atom. The van der Waals surface area contributed by atoms with Crippen molar-refractivity contribution < 1.29 is 24.5 Å². The summed E-state index contributed by atoms with van der Waals surface area (Å²) in [6, 6.07) is 0. The summed E-state index contributed by atoms with van der Waals surface area (Å²) in [5.41, 5.74) is 0.426.